The van der Waals surface area contributed by atoms with Gasteiger partial charge in [0.25, 0.3) is 0 Å². The molecular formula is C24H40O8. The fourth-order valence-corrected chi connectivity index (χ4v) is 4.74. The lowest BCUT2D eigenvalue weighted by Crippen LogP contribution is -2.63. The summed E-state index contributed by atoms with van der Waals surface area (Å²) in [6, 6.07) is 0. The van der Waals surface area contributed by atoms with Gasteiger partial charge in [-0.25, -0.2) is 9.59 Å². The van der Waals surface area contributed by atoms with Gasteiger partial charge in [-0.1, -0.05) is 78.1 Å². The molecular weight excluding hydrogens is 416 g/mol. The molecule has 0 bridgehead atoms. The molecule has 8 heteroatoms. The Bertz CT molecular complexity index is 504. The van der Waals surface area contributed by atoms with Gasteiger partial charge in [-0.2, -0.15) is 0 Å². The zero-order valence-electron chi connectivity index (χ0n) is 19.6. The van der Waals surface area contributed by atoms with Crippen molar-refractivity contribution in [3.05, 3.63) is 0 Å². The third-order valence-corrected chi connectivity index (χ3v) is 6.49. The van der Waals surface area contributed by atoms with Crippen LogP contribution >= 0.6 is 0 Å². The summed E-state index contributed by atoms with van der Waals surface area (Å²) in [5.74, 6) is 0. The van der Waals surface area contributed by atoms with Crippen molar-refractivity contribution >= 4 is 12.3 Å². The molecule has 184 valence electrons. The lowest BCUT2D eigenvalue weighted by Gasteiger charge is -2.40. The fraction of sp³-hybridized carbons (Fsp3) is 0.917. The molecule has 6 atom stereocenters. The highest BCUT2D eigenvalue weighted by atomic mass is 16.8. The maximum atomic E-state index is 11.9. The number of hydrogen-bond donors (Lipinski definition) is 0. The van der Waals surface area contributed by atoms with E-state index in [9.17, 15) is 9.59 Å². The van der Waals surface area contributed by atoms with E-state index in [2.05, 4.69) is 13.8 Å². The van der Waals surface area contributed by atoms with Crippen LogP contribution in [0.25, 0.3) is 0 Å². The van der Waals surface area contributed by atoms with Gasteiger partial charge in [0.2, 0.25) is 0 Å². The van der Waals surface area contributed by atoms with Gasteiger partial charge in [-0.05, 0) is 12.8 Å². The molecule has 2 saturated heterocycles. The zero-order valence-corrected chi connectivity index (χ0v) is 19.6. The van der Waals surface area contributed by atoms with Crippen molar-refractivity contribution in [1.29, 1.82) is 0 Å². The zero-order chi connectivity index (χ0) is 22.8. The Balaban J connectivity index is 1.52. The summed E-state index contributed by atoms with van der Waals surface area (Å²) in [5, 5.41) is 0. The lowest BCUT2D eigenvalue weighted by atomic mass is 9.84. The molecule has 0 spiro atoms. The Labute approximate surface area is 191 Å². The molecule has 3 aliphatic rings. The molecule has 3 rings (SSSR count). The van der Waals surface area contributed by atoms with Crippen LogP contribution in [0.15, 0.2) is 0 Å². The number of fused-ring (bicyclic) bond motifs is 2. The first kappa shape index (κ1) is 25.1. The molecule has 2 aliphatic heterocycles. The van der Waals surface area contributed by atoms with Crippen LogP contribution in [0, 0.1) is 0 Å². The Kier molecular flexibility index (Phi) is 10.4. The molecule has 0 amide bonds. The summed E-state index contributed by atoms with van der Waals surface area (Å²) in [5.41, 5.74) is 0. The number of hydrogen-bond acceptors (Lipinski definition) is 8. The molecule has 0 aromatic carbocycles. The molecule has 1 saturated carbocycles. The van der Waals surface area contributed by atoms with E-state index in [1.165, 1.54) is 51.4 Å². The van der Waals surface area contributed by atoms with Gasteiger partial charge in [0.15, 0.2) is 24.4 Å². The molecule has 0 N–H and O–H groups in total. The molecule has 1 aliphatic carbocycles. The van der Waals surface area contributed by atoms with Crippen molar-refractivity contribution < 1.29 is 38.0 Å². The minimum absolute atomic E-state index is 0.502. The van der Waals surface area contributed by atoms with Crippen LogP contribution in [0.4, 0.5) is 9.59 Å². The van der Waals surface area contributed by atoms with Crippen molar-refractivity contribution in [3.63, 3.8) is 0 Å². The maximum Gasteiger partial charge on any atom is 0.509 e. The molecule has 0 radical (unpaired) electrons. The number of rotatable bonds is 16. The average molecular weight is 457 g/mol. The maximum absolute atomic E-state index is 11.9. The number of carbonyl (C=O) groups excluding carboxylic acids is 2. The summed E-state index contributed by atoms with van der Waals surface area (Å²) in [6.45, 7) is 5.39. The van der Waals surface area contributed by atoms with E-state index in [0.717, 1.165) is 25.7 Å². The summed E-state index contributed by atoms with van der Waals surface area (Å²) >= 11 is 0. The van der Waals surface area contributed by atoms with Crippen molar-refractivity contribution in [1.82, 2.24) is 0 Å². The van der Waals surface area contributed by atoms with Gasteiger partial charge in [0.1, 0.15) is 12.2 Å². The monoisotopic (exact) mass is 456 g/mol. The Morgan fingerprint density at radius 2 is 0.844 bits per heavy atom. The van der Waals surface area contributed by atoms with E-state index in [-0.39, 0.29) is 0 Å². The predicted molar refractivity (Wildman–Crippen MR) is 117 cm³/mol. The molecule has 3 fully saturated rings. The number of ether oxygens (including phenoxy) is 6. The molecule has 32 heavy (non-hydrogen) atoms. The predicted octanol–water partition coefficient (Wildman–Crippen LogP) is 5.30. The van der Waals surface area contributed by atoms with Crippen molar-refractivity contribution in [2.45, 2.75) is 128 Å². The van der Waals surface area contributed by atoms with Crippen LogP contribution in [0.3, 0.4) is 0 Å². The Hall–Kier alpha value is -1.54. The quantitative estimate of drug-likeness (QED) is 0.228. The van der Waals surface area contributed by atoms with Crippen LogP contribution in [-0.2, 0) is 28.4 Å². The minimum atomic E-state index is -0.743. The SMILES string of the molecule is CCCCCCCCOC1[C@H]2OC(=O)O[C@H]2C(OCCCCCCCC)[C@@H]2OC(=O)O[C@@H]12. The standard InChI is InChI=1S/C24H40O8/c1-3-5-7-9-11-13-15-27-17-19-21(31-23(25)29-19)18(22-20(17)30-24(26)32-22)28-16-14-12-10-8-6-4-2/h17-22H,3-16H2,1-2H3/t17?,18?,19-,20-,21-,22+/m0/s1. The van der Waals surface area contributed by atoms with Gasteiger partial charge in [0, 0.05) is 13.2 Å². The highest BCUT2D eigenvalue weighted by Crippen LogP contribution is 2.39. The Morgan fingerprint density at radius 1 is 0.531 bits per heavy atom. The molecule has 0 aromatic rings. The summed E-state index contributed by atoms with van der Waals surface area (Å²) in [6.07, 6.45) is 8.25. The highest BCUT2D eigenvalue weighted by molar-refractivity contribution is 5.65. The highest BCUT2D eigenvalue weighted by Gasteiger charge is 2.64. The van der Waals surface area contributed by atoms with Crippen LogP contribution in [0.5, 0.6) is 0 Å². The first-order valence-electron chi connectivity index (χ1n) is 12.6. The normalized spacial score (nSPS) is 30.8. The summed E-state index contributed by atoms with van der Waals surface area (Å²) < 4.78 is 33.8. The number of carbonyl (C=O) groups is 2. The van der Waals surface area contributed by atoms with Crippen LogP contribution in [-0.4, -0.2) is 62.1 Å². The minimum Gasteiger partial charge on any atom is -0.424 e. The molecule has 0 aromatic heterocycles. The van der Waals surface area contributed by atoms with E-state index in [1.807, 2.05) is 0 Å². The van der Waals surface area contributed by atoms with E-state index in [0.29, 0.717) is 13.2 Å². The molecule has 2 heterocycles. The third-order valence-electron chi connectivity index (χ3n) is 6.49. The van der Waals surface area contributed by atoms with Gasteiger partial charge < -0.3 is 28.4 Å². The smallest absolute Gasteiger partial charge is 0.424 e. The molecule has 8 nitrogen and oxygen atoms in total. The van der Waals surface area contributed by atoms with Gasteiger partial charge >= 0.3 is 12.3 Å². The average Bonchev–Trinajstić information content (AvgIpc) is 3.35. The van der Waals surface area contributed by atoms with Gasteiger partial charge in [-0.3, -0.25) is 0 Å². The van der Waals surface area contributed by atoms with E-state index >= 15 is 0 Å². The van der Waals surface area contributed by atoms with E-state index in [4.69, 9.17) is 28.4 Å². The summed E-state index contributed by atoms with van der Waals surface area (Å²) in [7, 11) is 0. The van der Waals surface area contributed by atoms with Crippen molar-refractivity contribution in [2.75, 3.05) is 13.2 Å². The second-order valence-electron chi connectivity index (χ2n) is 9.04. The van der Waals surface area contributed by atoms with Gasteiger partial charge in [0.05, 0.1) is 0 Å². The summed E-state index contributed by atoms with van der Waals surface area (Å²) in [4.78, 5) is 23.9. The van der Waals surface area contributed by atoms with Crippen molar-refractivity contribution in [2.24, 2.45) is 0 Å². The first-order valence-corrected chi connectivity index (χ1v) is 12.6. The van der Waals surface area contributed by atoms with Crippen LogP contribution in [0.2, 0.25) is 0 Å². The van der Waals surface area contributed by atoms with Crippen LogP contribution < -0.4 is 0 Å². The second-order valence-corrected chi connectivity index (χ2v) is 9.04. The van der Waals surface area contributed by atoms with Crippen molar-refractivity contribution in [3.8, 4) is 0 Å². The van der Waals surface area contributed by atoms with E-state index < -0.39 is 48.9 Å². The third kappa shape index (κ3) is 6.73. The first-order chi connectivity index (χ1) is 15.7. The van der Waals surface area contributed by atoms with Gasteiger partial charge in [-0.15, -0.1) is 0 Å². The fourth-order valence-electron chi connectivity index (χ4n) is 4.74. The Morgan fingerprint density at radius 3 is 1.19 bits per heavy atom. The lowest BCUT2D eigenvalue weighted by molar-refractivity contribution is -0.185. The second kappa shape index (κ2) is 13.2. The van der Waals surface area contributed by atoms with E-state index in [1.54, 1.807) is 0 Å². The molecule has 2 unspecified atom stereocenters. The van der Waals surface area contributed by atoms with Crippen LogP contribution in [0.1, 0.15) is 90.9 Å². The number of unbranched alkanes of at least 4 members (excludes halogenated alkanes) is 10. The topological polar surface area (TPSA) is 89.5 Å². The largest absolute Gasteiger partial charge is 0.509 e.